The Morgan fingerprint density at radius 2 is 1.67 bits per heavy atom. The molecule has 0 heterocycles. The van der Waals surface area contributed by atoms with Crippen LogP contribution in [0.1, 0.15) is 12.5 Å². The van der Waals surface area contributed by atoms with E-state index in [1.807, 2.05) is 31.2 Å². The zero-order valence-electron chi connectivity index (χ0n) is 8.00. The van der Waals surface area contributed by atoms with E-state index in [2.05, 4.69) is 13.5 Å². The Kier molecular flexibility index (Phi) is 5.80. The maximum atomic E-state index is 4.97. The molecule has 1 aromatic rings. The molecule has 0 N–H and O–H groups in total. The summed E-state index contributed by atoms with van der Waals surface area (Å²) in [4.78, 5) is 0. The molecule has 0 amide bonds. The van der Waals surface area contributed by atoms with Gasteiger partial charge in [0.25, 0.3) is 0 Å². The third kappa shape index (κ3) is 4.56. The van der Waals surface area contributed by atoms with Crippen LogP contribution < -0.4 is 4.74 Å². The number of aryl methyl sites for hydroxylation is 1. The first-order chi connectivity index (χ1) is 5.74. The monoisotopic (exact) mass is 164 g/mol. The molecule has 0 aliphatic rings. The lowest BCUT2D eigenvalue weighted by molar-refractivity contribution is 0.414. The van der Waals surface area contributed by atoms with E-state index in [9.17, 15) is 0 Å². The molecule has 0 saturated heterocycles. The summed E-state index contributed by atoms with van der Waals surface area (Å²) in [6, 6.07) is 7.96. The Labute approximate surface area is 74.7 Å². The second kappa shape index (κ2) is 6.47. The summed E-state index contributed by atoms with van der Waals surface area (Å²) in [6.07, 6.45) is 1.75. The highest BCUT2D eigenvalue weighted by atomic mass is 16.5. The highest BCUT2D eigenvalue weighted by molar-refractivity contribution is 5.25. The van der Waals surface area contributed by atoms with Gasteiger partial charge in [0.15, 0.2) is 0 Å². The average molecular weight is 164 g/mol. The molecular weight excluding hydrogens is 148 g/mol. The summed E-state index contributed by atoms with van der Waals surface area (Å²) in [5.74, 6) is 0.917. The van der Waals surface area contributed by atoms with Crippen LogP contribution in [0.2, 0.25) is 0 Å². The van der Waals surface area contributed by atoms with Gasteiger partial charge in [-0.1, -0.05) is 23.8 Å². The summed E-state index contributed by atoms with van der Waals surface area (Å²) in [6.45, 7) is 7.30. The predicted molar refractivity (Wildman–Crippen MR) is 53.6 cm³/mol. The summed E-state index contributed by atoms with van der Waals surface area (Å²) in [5, 5.41) is 0. The molecule has 0 atom stereocenters. The first-order valence-corrected chi connectivity index (χ1v) is 3.92. The molecule has 0 fully saturated rings. The lowest BCUT2D eigenvalue weighted by atomic mass is 10.2. The van der Waals surface area contributed by atoms with Crippen LogP contribution in [-0.2, 0) is 0 Å². The van der Waals surface area contributed by atoms with E-state index in [1.54, 1.807) is 13.2 Å². The van der Waals surface area contributed by atoms with Crippen molar-refractivity contribution in [2.75, 3.05) is 7.11 Å². The number of ether oxygens (including phenoxy) is 1. The molecular formula is C11H16O. The van der Waals surface area contributed by atoms with Gasteiger partial charge in [0.1, 0.15) is 5.75 Å². The van der Waals surface area contributed by atoms with Gasteiger partial charge >= 0.3 is 0 Å². The standard InChI is InChI=1S/C8H10O.C3H6/c1-7-3-5-8(9-2)6-4-7;1-3-2/h3-6H,1-2H3;3H,1H2,2H3. The van der Waals surface area contributed by atoms with E-state index in [4.69, 9.17) is 4.74 Å². The van der Waals surface area contributed by atoms with Crippen molar-refractivity contribution in [3.05, 3.63) is 42.5 Å². The quantitative estimate of drug-likeness (QED) is 0.579. The molecule has 12 heavy (non-hydrogen) atoms. The highest BCUT2D eigenvalue weighted by Crippen LogP contribution is 2.09. The first-order valence-electron chi connectivity index (χ1n) is 3.92. The third-order valence-electron chi connectivity index (χ3n) is 1.26. The minimum absolute atomic E-state index is 0.917. The molecule has 0 spiro atoms. The fourth-order valence-corrected chi connectivity index (χ4v) is 0.674. The number of methoxy groups -OCH3 is 1. The van der Waals surface area contributed by atoms with Crippen molar-refractivity contribution < 1.29 is 4.74 Å². The summed E-state index contributed by atoms with van der Waals surface area (Å²) in [7, 11) is 1.67. The molecule has 1 nitrogen and oxygen atoms in total. The van der Waals surface area contributed by atoms with Gasteiger partial charge in [0, 0.05) is 0 Å². The largest absolute Gasteiger partial charge is 0.497 e. The minimum Gasteiger partial charge on any atom is -0.497 e. The van der Waals surface area contributed by atoms with Gasteiger partial charge in [0.05, 0.1) is 7.11 Å². The fraction of sp³-hybridized carbons (Fsp3) is 0.273. The number of hydrogen-bond donors (Lipinski definition) is 0. The molecule has 66 valence electrons. The molecule has 0 bridgehead atoms. The van der Waals surface area contributed by atoms with Crippen LogP contribution in [0.5, 0.6) is 5.75 Å². The van der Waals surface area contributed by atoms with Gasteiger partial charge in [0.2, 0.25) is 0 Å². The summed E-state index contributed by atoms with van der Waals surface area (Å²) < 4.78 is 4.97. The minimum atomic E-state index is 0.917. The van der Waals surface area contributed by atoms with E-state index in [1.165, 1.54) is 5.56 Å². The van der Waals surface area contributed by atoms with Crippen LogP contribution in [0.4, 0.5) is 0 Å². The van der Waals surface area contributed by atoms with Crippen LogP contribution in [0.15, 0.2) is 36.9 Å². The lowest BCUT2D eigenvalue weighted by Gasteiger charge is -1.97. The zero-order valence-corrected chi connectivity index (χ0v) is 8.00. The van der Waals surface area contributed by atoms with Gasteiger partial charge < -0.3 is 4.74 Å². The van der Waals surface area contributed by atoms with E-state index in [0.29, 0.717) is 0 Å². The fourth-order valence-electron chi connectivity index (χ4n) is 0.674. The summed E-state index contributed by atoms with van der Waals surface area (Å²) >= 11 is 0. The van der Waals surface area contributed by atoms with Crippen molar-refractivity contribution >= 4 is 0 Å². The topological polar surface area (TPSA) is 9.23 Å². The van der Waals surface area contributed by atoms with Crippen molar-refractivity contribution in [1.29, 1.82) is 0 Å². The average Bonchev–Trinajstić information content (AvgIpc) is 2.07. The number of rotatable bonds is 1. The zero-order chi connectivity index (χ0) is 9.40. The van der Waals surface area contributed by atoms with Gasteiger partial charge in [-0.25, -0.2) is 0 Å². The molecule has 0 aromatic heterocycles. The van der Waals surface area contributed by atoms with Crippen molar-refractivity contribution in [3.8, 4) is 5.75 Å². The maximum absolute atomic E-state index is 4.97. The van der Waals surface area contributed by atoms with E-state index < -0.39 is 0 Å². The molecule has 1 heteroatoms. The van der Waals surface area contributed by atoms with Crippen LogP contribution in [0.3, 0.4) is 0 Å². The van der Waals surface area contributed by atoms with Gasteiger partial charge in [-0.15, -0.1) is 6.58 Å². The van der Waals surface area contributed by atoms with Crippen LogP contribution in [0.25, 0.3) is 0 Å². The predicted octanol–water partition coefficient (Wildman–Crippen LogP) is 3.20. The second-order valence-corrected chi connectivity index (χ2v) is 2.43. The van der Waals surface area contributed by atoms with E-state index in [-0.39, 0.29) is 0 Å². The van der Waals surface area contributed by atoms with Crippen molar-refractivity contribution in [2.24, 2.45) is 0 Å². The first kappa shape index (κ1) is 10.8. The van der Waals surface area contributed by atoms with Crippen molar-refractivity contribution in [1.82, 2.24) is 0 Å². The summed E-state index contributed by atoms with van der Waals surface area (Å²) in [5.41, 5.74) is 1.26. The Morgan fingerprint density at radius 1 is 1.25 bits per heavy atom. The highest BCUT2D eigenvalue weighted by Gasteiger charge is 1.85. The lowest BCUT2D eigenvalue weighted by Crippen LogP contribution is -1.80. The van der Waals surface area contributed by atoms with Crippen LogP contribution in [-0.4, -0.2) is 7.11 Å². The van der Waals surface area contributed by atoms with E-state index >= 15 is 0 Å². The normalized spacial score (nSPS) is 7.92. The maximum Gasteiger partial charge on any atom is 0.118 e. The Morgan fingerprint density at radius 3 is 2.00 bits per heavy atom. The molecule has 1 aromatic carbocycles. The third-order valence-corrected chi connectivity index (χ3v) is 1.26. The smallest absolute Gasteiger partial charge is 0.118 e. The van der Waals surface area contributed by atoms with Crippen molar-refractivity contribution in [3.63, 3.8) is 0 Å². The molecule has 1 rings (SSSR count). The van der Waals surface area contributed by atoms with Crippen LogP contribution in [0, 0.1) is 6.92 Å². The van der Waals surface area contributed by atoms with Crippen molar-refractivity contribution in [2.45, 2.75) is 13.8 Å². The molecule has 0 saturated carbocycles. The van der Waals surface area contributed by atoms with Gasteiger partial charge in [-0.2, -0.15) is 0 Å². The Bertz CT molecular complexity index is 211. The molecule has 0 aliphatic carbocycles. The Balaban J connectivity index is 0.000000354. The van der Waals surface area contributed by atoms with Crippen LogP contribution >= 0.6 is 0 Å². The molecule has 0 unspecified atom stereocenters. The Hall–Kier alpha value is -1.24. The van der Waals surface area contributed by atoms with Gasteiger partial charge in [-0.05, 0) is 26.0 Å². The number of hydrogen-bond acceptors (Lipinski definition) is 1. The van der Waals surface area contributed by atoms with E-state index in [0.717, 1.165) is 5.75 Å². The van der Waals surface area contributed by atoms with Gasteiger partial charge in [-0.3, -0.25) is 0 Å². The number of benzene rings is 1. The molecule has 0 aliphatic heterocycles. The molecule has 0 radical (unpaired) electrons. The number of allylic oxidation sites excluding steroid dienone is 1. The second-order valence-electron chi connectivity index (χ2n) is 2.43. The SMILES string of the molecule is C=CC.COc1ccc(C)cc1.